The summed E-state index contributed by atoms with van der Waals surface area (Å²) in [5.74, 6) is 1.37. The highest BCUT2D eigenvalue weighted by Crippen LogP contribution is 2.34. The summed E-state index contributed by atoms with van der Waals surface area (Å²) in [6.45, 7) is 0.958. The molecule has 1 aromatic heterocycles. The van der Waals surface area contributed by atoms with Crippen molar-refractivity contribution in [2.45, 2.75) is 32.2 Å². The molecule has 0 unspecified atom stereocenters. The summed E-state index contributed by atoms with van der Waals surface area (Å²) >= 11 is 0. The van der Waals surface area contributed by atoms with Crippen molar-refractivity contribution in [3.8, 4) is 17.2 Å². The van der Waals surface area contributed by atoms with E-state index < -0.39 is 0 Å². The predicted octanol–water partition coefficient (Wildman–Crippen LogP) is 2.97. The molecule has 2 heterocycles. The Kier molecular flexibility index (Phi) is 7.19. The van der Waals surface area contributed by atoms with Crippen LogP contribution in [0.3, 0.4) is 0 Å². The topological polar surface area (TPSA) is 112 Å². The molecule has 1 aliphatic heterocycles. The SMILES string of the molecule is COc1cc2ncn(CCCC(=O)Nc3ccc(OC)c(N4CCCC4=O)c3)c(=O)c2cc1OC. The molecule has 1 aliphatic rings. The molecule has 0 saturated carbocycles. The van der Waals surface area contributed by atoms with Gasteiger partial charge in [-0.1, -0.05) is 0 Å². The Bertz CT molecular complexity index is 1320. The van der Waals surface area contributed by atoms with Crippen molar-refractivity contribution in [1.82, 2.24) is 9.55 Å². The third kappa shape index (κ3) is 5.06. The number of hydrogen-bond acceptors (Lipinski definition) is 7. The third-order valence-electron chi connectivity index (χ3n) is 5.96. The molecular formula is C25H28N4O6. The number of fused-ring (bicyclic) bond motifs is 1. The van der Waals surface area contributed by atoms with Gasteiger partial charge in [-0.3, -0.25) is 19.0 Å². The minimum Gasteiger partial charge on any atom is -0.495 e. The highest BCUT2D eigenvalue weighted by Gasteiger charge is 2.25. The van der Waals surface area contributed by atoms with Crippen LogP contribution in [-0.2, 0) is 16.1 Å². The van der Waals surface area contributed by atoms with Crippen LogP contribution in [0.25, 0.3) is 10.9 Å². The van der Waals surface area contributed by atoms with Crippen molar-refractivity contribution in [3.05, 3.63) is 47.0 Å². The zero-order chi connectivity index (χ0) is 24.9. The van der Waals surface area contributed by atoms with Crippen LogP contribution in [0.4, 0.5) is 11.4 Å². The molecule has 0 bridgehead atoms. The number of nitrogens with zero attached hydrogens (tertiary/aromatic N) is 3. The lowest BCUT2D eigenvalue weighted by Crippen LogP contribution is -2.24. The Hall–Kier alpha value is -4.08. The normalized spacial score (nSPS) is 13.2. The molecule has 4 rings (SSSR count). The lowest BCUT2D eigenvalue weighted by molar-refractivity contribution is -0.117. The molecule has 3 aromatic rings. The monoisotopic (exact) mass is 480 g/mol. The fraction of sp³-hybridized carbons (Fsp3) is 0.360. The van der Waals surface area contributed by atoms with Crippen molar-refractivity contribution in [1.29, 1.82) is 0 Å². The second kappa shape index (κ2) is 10.5. The summed E-state index contributed by atoms with van der Waals surface area (Å²) in [7, 11) is 4.58. The van der Waals surface area contributed by atoms with E-state index in [1.54, 1.807) is 42.3 Å². The number of aromatic nitrogens is 2. The summed E-state index contributed by atoms with van der Waals surface area (Å²) in [5, 5.41) is 3.28. The number of hydrogen-bond donors (Lipinski definition) is 1. The van der Waals surface area contributed by atoms with E-state index in [1.165, 1.54) is 25.1 Å². The fourth-order valence-electron chi connectivity index (χ4n) is 4.16. The Labute approximate surface area is 202 Å². The van der Waals surface area contributed by atoms with E-state index >= 15 is 0 Å². The Morgan fingerprint density at radius 2 is 1.77 bits per heavy atom. The van der Waals surface area contributed by atoms with Gasteiger partial charge in [0.1, 0.15) is 5.75 Å². The van der Waals surface area contributed by atoms with Crippen molar-refractivity contribution >= 4 is 34.1 Å². The number of carbonyl (C=O) groups is 2. The van der Waals surface area contributed by atoms with Gasteiger partial charge in [-0.25, -0.2) is 4.98 Å². The van der Waals surface area contributed by atoms with E-state index in [4.69, 9.17) is 14.2 Å². The van der Waals surface area contributed by atoms with Crippen LogP contribution in [0.15, 0.2) is 41.5 Å². The predicted molar refractivity (Wildman–Crippen MR) is 132 cm³/mol. The van der Waals surface area contributed by atoms with Crippen LogP contribution in [0.5, 0.6) is 17.2 Å². The second-order valence-corrected chi connectivity index (χ2v) is 8.15. The molecule has 35 heavy (non-hydrogen) atoms. The van der Waals surface area contributed by atoms with Gasteiger partial charge in [0.15, 0.2) is 11.5 Å². The highest BCUT2D eigenvalue weighted by atomic mass is 16.5. The maximum Gasteiger partial charge on any atom is 0.261 e. The maximum atomic E-state index is 12.9. The molecule has 1 N–H and O–H groups in total. The lowest BCUT2D eigenvalue weighted by Gasteiger charge is -2.20. The number of carbonyl (C=O) groups excluding carboxylic acids is 2. The van der Waals surface area contributed by atoms with Gasteiger partial charge < -0.3 is 24.4 Å². The number of benzene rings is 2. The number of nitrogens with one attached hydrogen (secondary N) is 1. The van der Waals surface area contributed by atoms with Crippen molar-refractivity contribution in [2.24, 2.45) is 0 Å². The van der Waals surface area contributed by atoms with Gasteiger partial charge >= 0.3 is 0 Å². The Morgan fingerprint density at radius 3 is 2.46 bits per heavy atom. The zero-order valence-corrected chi connectivity index (χ0v) is 20.0. The number of ether oxygens (including phenoxy) is 3. The van der Waals surface area contributed by atoms with E-state index in [2.05, 4.69) is 10.3 Å². The molecule has 10 nitrogen and oxygen atoms in total. The molecule has 2 aromatic carbocycles. The lowest BCUT2D eigenvalue weighted by atomic mass is 10.2. The standard InChI is InChI=1S/C25H28N4O6/c1-33-20-9-8-16(12-19(20)29-11-5-7-24(29)31)27-23(30)6-4-10-28-15-26-18-14-22(35-3)21(34-2)13-17(18)25(28)32/h8-9,12-15H,4-7,10-11H2,1-3H3,(H,27,30). The largest absolute Gasteiger partial charge is 0.495 e. The minimum atomic E-state index is -0.216. The highest BCUT2D eigenvalue weighted by molar-refractivity contribution is 5.98. The minimum absolute atomic E-state index is 0.0391. The van der Waals surface area contributed by atoms with Crippen LogP contribution < -0.4 is 30.0 Å². The van der Waals surface area contributed by atoms with Crippen LogP contribution >= 0.6 is 0 Å². The smallest absolute Gasteiger partial charge is 0.261 e. The summed E-state index contributed by atoms with van der Waals surface area (Å²) in [4.78, 5) is 43.6. The van der Waals surface area contributed by atoms with E-state index in [1.807, 2.05) is 0 Å². The first-order valence-corrected chi connectivity index (χ1v) is 11.3. The first-order chi connectivity index (χ1) is 16.9. The van der Waals surface area contributed by atoms with Gasteiger partial charge in [-0.15, -0.1) is 0 Å². The van der Waals surface area contributed by atoms with Gasteiger partial charge in [-0.05, 0) is 37.1 Å². The first-order valence-electron chi connectivity index (χ1n) is 11.3. The van der Waals surface area contributed by atoms with Crippen molar-refractivity contribution < 1.29 is 23.8 Å². The quantitative estimate of drug-likeness (QED) is 0.501. The summed E-state index contributed by atoms with van der Waals surface area (Å²) < 4.78 is 17.4. The summed E-state index contributed by atoms with van der Waals surface area (Å²) in [5.41, 5.74) is 1.52. The fourth-order valence-corrected chi connectivity index (χ4v) is 4.16. The number of amides is 2. The van der Waals surface area contributed by atoms with Gasteiger partial charge in [-0.2, -0.15) is 0 Å². The zero-order valence-electron chi connectivity index (χ0n) is 20.0. The van der Waals surface area contributed by atoms with Crippen LogP contribution in [0.1, 0.15) is 25.7 Å². The molecule has 1 saturated heterocycles. The van der Waals surface area contributed by atoms with Crippen LogP contribution in [0, 0.1) is 0 Å². The molecular weight excluding hydrogens is 452 g/mol. The van der Waals surface area contributed by atoms with Gasteiger partial charge in [0.25, 0.3) is 5.56 Å². The second-order valence-electron chi connectivity index (χ2n) is 8.15. The molecule has 184 valence electrons. The molecule has 2 amide bonds. The van der Waals surface area contributed by atoms with Gasteiger partial charge in [0.05, 0.1) is 44.2 Å². The van der Waals surface area contributed by atoms with E-state index in [0.717, 1.165) is 6.42 Å². The molecule has 10 heteroatoms. The molecule has 0 aliphatic carbocycles. The van der Waals surface area contributed by atoms with Crippen LogP contribution in [-0.4, -0.2) is 49.2 Å². The molecule has 0 atom stereocenters. The van der Waals surface area contributed by atoms with Crippen molar-refractivity contribution in [2.75, 3.05) is 38.1 Å². The number of methoxy groups -OCH3 is 3. The Morgan fingerprint density at radius 1 is 1.03 bits per heavy atom. The van der Waals surface area contributed by atoms with E-state index in [-0.39, 0.29) is 23.8 Å². The van der Waals surface area contributed by atoms with E-state index in [0.29, 0.717) is 65.5 Å². The number of aryl methyl sites for hydroxylation is 1. The number of anilines is 2. The number of rotatable bonds is 9. The average molecular weight is 481 g/mol. The van der Waals surface area contributed by atoms with E-state index in [9.17, 15) is 14.4 Å². The molecule has 1 fully saturated rings. The Balaban J connectivity index is 1.41. The summed E-state index contributed by atoms with van der Waals surface area (Å²) in [6, 6.07) is 8.49. The first kappa shape index (κ1) is 24.1. The van der Waals surface area contributed by atoms with Crippen molar-refractivity contribution in [3.63, 3.8) is 0 Å². The molecule has 0 spiro atoms. The maximum absolute atomic E-state index is 12.9. The average Bonchev–Trinajstić information content (AvgIpc) is 3.30. The third-order valence-corrected chi connectivity index (χ3v) is 5.96. The molecule has 0 radical (unpaired) electrons. The van der Waals surface area contributed by atoms with Gasteiger partial charge in [0, 0.05) is 37.7 Å². The van der Waals surface area contributed by atoms with Crippen LogP contribution in [0.2, 0.25) is 0 Å². The van der Waals surface area contributed by atoms with Gasteiger partial charge in [0.2, 0.25) is 11.8 Å². The summed E-state index contributed by atoms with van der Waals surface area (Å²) in [6.07, 6.45) is 3.42.